The lowest BCUT2D eigenvalue weighted by Gasteiger charge is -2.17. The molecule has 2 fully saturated rings. The number of methoxy groups -OCH3 is 1. The van der Waals surface area contributed by atoms with Gasteiger partial charge in [0.1, 0.15) is 22.7 Å². The molecule has 2 aromatic heterocycles. The average Bonchev–Trinajstić information content (AvgIpc) is 3.36. The van der Waals surface area contributed by atoms with Crippen LogP contribution in [0.5, 0.6) is 11.5 Å². The standard InChI is InChI=1S/C30H29F3N6O4/c1-38-27(18-10-23(41-2)26(24(11-18)43-29(31)32)28(40)35-16-30(33)5-6-30)25-19(12-34)8-17(9-22(25)37-38)20-13-36-39(14-20)15-21-4-3-7-42-21/h8-11,13-14,21,29H,3-7,15-16H2,1-2H3,(H,35,40). The van der Waals surface area contributed by atoms with Crippen molar-refractivity contribution in [1.82, 2.24) is 24.9 Å². The molecule has 2 aromatic carbocycles. The van der Waals surface area contributed by atoms with E-state index in [0.717, 1.165) is 30.6 Å². The Bertz CT molecular complexity index is 1730. The highest BCUT2D eigenvalue weighted by molar-refractivity contribution is 6.03. The second-order valence-electron chi connectivity index (χ2n) is 10.9. The van der Waals surface area contributed by atoms with Gasteiger partial charge in [-0.15, -0.1) is 0 Å². The predicted molar refractivity (Wildman–Crippen MR) is 150 cm³/mol. The number of nitriles is 1. The summed E-state index contributed by atoms with van der Waals surface area (Å²) in [4.78, 5) is 13.0. The lowest BCUT2D eigenvalue weighted by molar-refractivity contribution is -0.0502. The molecule has 3 heterocycles. The number of hydrogen-bond donors (Lipinski definition) is 1. The molecule has 10 nitrogen and oxygen atoms in total. The van der Waals surface area contributed by atoms with Crippen LogP contribution in [0.1, 0.15) is 41.6 Å². The minimum atomic E-state index is -3.25. The van der Waals surface area contributed by atoms with E-state index in [0.29, 0.717) is 47.1 Å². The van der Waals surface area contributed by atoms with E-state index in [1.807, 2.05) is 16.9 Å². The van der Waals surface area contributed by atoms with E-state index in [4.69, 9.17) is 14.2 Å². The molecule has 1 saturated heterocycles. The average molecular weight is 595 g/mol. The van der Waals surface area contributed by atoms with Gasteiger partial charge >= 0.3 is 6.61 Å². The quantitative estimate of drug-likeness (QED) is 0.275. The zero-order valence-corrected chi connectivity index (χ0v) is 23.6. The van der Waals surface area contributed by atoms with Gasteiger partial charge in [0.05, 0.1) is 55.3 Å². The van der Waals surface area contributed by atoms with Crippen LogP contribution in [-0.4, -0.2) is 64.1 Å². The first-order valence-corrected chi connectivity index (χ1v) is 13.9. The monoisotopic (exact) mass is 594 g/mol. The lowest BCUT2D eigenvalue weighted by Crippen LogP contribution is -2.31. The normalized spacial score (nSPS) is 17.3. The van der Waals surface area contributed by atoms with Gasteiger partial charge in [-0.1, -0.05) is 0 Å². The van der Waals surface area contributed by atoms with Gasteiger partial charge in [-0.2, -0.15) is 24.2 Å². The van der Waals surface area contributed by atoms with E-state index in [-0.39, 0.29) is 24.0 Å². The fraction of sp³-hybridized carbons (Fsp3) is 0.400. The fourth-order valence-corrected chi connectivity index (χ4v) is 5.46. The summed E-state index contributed by atoms with van der Waals surface area (Å²) >= 11 is 0. The van der Waals surface area contributed by atoms with Gasteiger partial charge in [0.15, 0.2) is 0 Å². The van der Waals surface area contributed by atoms with Crippen LogP contribution in [0.25, 0.3) is 33.3 Å². The minimum Gasteiger partial charge on any atom is -0.496 e. The van der Waals surface area contributed by atoms with Crippen molar-refractivity contribution in [3.8, 4) is 40.0 Å². The highest BCUT2D eigenvalue weighted by atomic mass is 19.3. The number of aryl methyl sites for hydroxylation is 1. The summed E-state index contributed by atoms with van der Waals surface area (Å²) in [7, 11) is 2.94. The van der Waals surface area contributed by atoms with E-state index in [1.165, 1.54) is 23.9 Å². The number of nitrogens with one attached hydrogen (secondary N) is 1. The Balaban J connectivity index is 1.40. The Morgan fingerprint density at radius 1 is 1.23 bits per heavy atom. The SMILES string of the molecule is COc1cc(-c2c3c(C#N)cc(-c4cnn(CC5CCCO5)c4)cc3nn2C)cc(OC(F)F)c1C(=O)NCC1(F)CC1. The zero-order valence-electron chi connectivity index (χ0n) is 23.6. The van der Waals surface area contributed by atoms with E-state index in [9.17, 15) is 23.2 Å². The molecule has 2 aliphatic rings. The zero-order chi connectivity index (χ0) is 30.3. The van der Waals surface area contributed by atoms with Crippen molar-refractivity contribution in [2.24, 2.45) is 7.05 Å². The predicted octanol–water partition coefficient (Wildman–Crippen LogP) is 5.00. The molecule has 1 aliphatic carbocycles. The van der Waals surface area contributed by atoms with Gasteiger partial charge in [0.2, 0.25) is 0 Å². The maximum atomic E-state index is 14.2. The number of hydrogen-bond acceptors (Lipinski definition) is 7. The number of aromatic nitrogens is 4. The van der Waals surface area contributed by atoms with Crippen molar-refractivity contribution in [1.29, 1.82) is 5.26 Å². The molecule has 43 heavy (non-hydrogen) atoms. The third-order valence-corrected chi connectivity index (χ3v) is 7.80. The molecule has 1 unspecified atom stereocenters. The first-order chi connectivity index (χ1) is 20.7. The molecule has 0 bridgehead atoms. The molecular formula is C30H29F3N6O4. The third kappa shape index (κ3) is 5.75. The van der Waals surface area contributed by atoms with Gasteiger partial charge in [-0.05, 0) is 55.5 Å². The second kappa shape index (κ2) is 11.3. The van der Waals surface area contributed by atoms with Crippen molar-refractivity contribution < 1.29 is 32.2 Å². The molecule has 4 aromatic rings. The van der Waals surface area contributed by atoms with E-state index < -0.39 is 23.9 Å². The van der Waals surface area contributed by atoms with Gasteiger partial charge < -0.3 is 19.5 Å². The second-order valence-corrected chi connectivity index (χ2v) is 10.9. The minimum absolute atomic E-state index is 0.0579. The number of ether oxygens (including phenoxy) is 3. The van der Waals surface area contributed by atoms with Gasteiger partial charge in [-0.25, -0.2) is 4.39 Å². The first kappa shape index (κ1) is 28.5. The lowest BCUT2D eigenvalue weighted by atomic mass is 9.97. The van der Waals surface area contributed by atoms with Crippen LogP contribution in [0.2, 0.25) is 0 Å². The highest BCUT2D eigenvalue weighted by Gasteiger charge is 2.43. The van der Waals surface area contributed by atoms with E-state index in [2.05, 4.69) is 21.6 Å². The van der Waals surface area contributed by atoms with Crippen LogP contribution < -0.4 is 14.8 Å². The van der Waals surface area contributed by atoms with Crippen LogP contribution in [0, 0.1) is 11.3 Å². The van der Waals surface area contributed by atoms with Crippen LogP contribution in [0.3, 0.4) is 0 Å². The van der Waals surface area contributed by atoms with Crippen molar-refractivity contribution in [2.75, 3.05) is 20.3 Å². The fourth-order valence-electron chi connectivity index (χ4n) is 5.46. The number of carbonyl (C=O) groups is 1. The molecule has 6 rings (SSSR count). The number of benzene rings is 2. The number of rotatable bonds is 10. The van der Waals surface area contributed by atoms with Crippen molar-refractivity contribution in [3.05, 3.63) is 47.8 Å². The Kier molecular flexibility index (Phi) is 7.47. The van der Waals surface area contributed by atoms with Gasteiger partial charge in [-0.3, -0.25) is 14.2 Å². The van der Waals surface area contributed by atoms with Crippen molar-refractivity contribution in [2.45, 2.75) is 50.6 Å². The van der Waals surface area contributed by atoms with Crippen molar-refractivity contribution in [3.63, 3.8) is 0 Å². The smallest absolute Gasteiger partial charge is 0.387 e. The maximum absolute atomic E-state index is 14.2. The van der Waals surface area contributed by atoms with Crippen LogP contribution in [-0.2, 0) is 18.3 Å². The number of amides is 1. The summed E-state index contributed by atoms with van der Waals surface area (Å²) in [5.74, 6) is -1.31. The summed E-state index contributed by atoms with van der Waals surface area (Å²) < 4.78 is 60.4. The van der Waals surface area contributed by atoms with Crippen LogP contribution >= 0.6 is 0 Å². The number of halogens is 3. The molecule has 0 spiro atoms. The van der Waals surface area contributed by atoms with Crippen molar-refractivity contribution >= 4 is 16.8 Å². The molecule has 224 valence electrons. The van der Waals surface area contributed by atoms with Crippen LogP contribution in [0.15, 0.2) is 36.7 Å². The molecule has 1 N–H and O–H groups in total. The molecule has 0 radical (unpaired) electrons. The summed E-state index contributed by atoms with van der Waals surface area (Å²) in [5.41, 5.74) is 1.31. The number of nitrogens with zero attached hydrogens (tertiary/aromatic N) is 5. The number of fused-ring (bicyclic) bond motifs is 1. The van der Waals surface area contributed by atoms with Crippen LogP contribution in [0.4, 0.5) is 13.2 Å². The van der Waals surface area contributed by atoms with E-state index in [1.54, 1.807) is 19.3 Å². The molecular weight excluding hydrogens is 565 g/mol. The third-order valence-electron chi connectivity index (χ3n) is 7.80. The topological polar surface area (TPSA) is 116 Å². The molecule has 13 heteroatoms. The molecule has 1 amide bonds. The Morgan fingerprint density at radius 2 is 2.02 bits per heavy atom. The summed E-state index contributed by atoms with van der Waals surface area (Å²) in [6.07, 6.45) is 6.38. The summed E-state index contributed by atoms with van der Waals surface area (Å²) in [6, 6.07) is 8.53. The van der Waals surface area contributed by atoms with E-state index >= 15 is 0 Å². The maximum Gasteiger partial charge on any atom is 0.387 e. The van der Waals surface area contributed by atoms with Gasteiger partial charge in [0, 0.05) is 36.4 Å². The van der Waals surface area contributed by atoms with Gasteiger partial charge in [0.25, 0.3) is 5.91 Å². The Morgan fingerprint density at radius 3 is 2.70 bits per heavy atom. The number of alkyl halides is 3. The molecule has 1 aliphatic heterocycles. The summed E-state index contributed by atoms with van der Waals surface area (Å²) in [5, 5.41) is 22.1. The summed E-state index contributed by atoms with van der Waals surface area (Å²) in [6.45, 7) is -2.11. The first-order valence-electron chi connectivity index (χ1n) is 13.9. The number of carbonyl (C=O) groups excluding carboxylic acids is 1. The Labute approximate surface area is 244 Å². The molecule has 1 atom stereocenters. The largest absolute Gasteiger partial charge is 0.496 e. The Hall–Kier alpha value is -4.57. The molecule has 1 saturated carbocycles. The highest BCUT2D eigenvalue weighted by Crippen LogP contribution is 2.41.